The Balaban J connectivity index is 1.51. The van der Waals surface area contributed by atoms with E-state index in [2.05, 4.69) is 27.2 Å². The Bertz CT molecular complexity index is 980. The maximum Gasteiger partial charge on any atom is 0.259 e. The molecule has 1 aliphatic rings. The minimum atomic E-state index is -0.254. The summed E-state index contributed by atoms with van der Waals surface area (Å²) in [7, 11) is 2.06. The number of benzene rings is 1. The third-order valence-electron chi connectivity index (χ3n) is 4.57. The number of carbonyl (C=O) groups is 2. The summed E-state index contributed by atoms with van der Waals surface area (Å²) < 4.78 is 0.872. The SMILES string of the molecule is CN1CCN(C(=O)c2ccc3nc(NC(=O)c4cccnc4)sc3c2)CC1. The van der Waals surface area contributed by atoms with Crippen molar-refractivity contribution in [3.8, 4) is 0 Å². The van der Waals surface area contributed by atoms with Crippen LogP contribution in [0, 0.1) is 0 Å². The molecule has 138 valence electrons. The lowest BCUT2D eigenvalue weighted by atomic mass is 10.1. The van der Waals surface area contributed by atoms with Gasteiger partial charge in [0.15, 0.2) is 5.13 Å². The van der Waals surface area contributed by atoms with Gasteiger partial charge in [0.1, 0.15) is 0 Å². The molecule has 2 amide bonds. The van der Waals surface area contributed by atoms with Crippen molar-refractivity contribution in [1.82, 2.24) is 19.8 Å². The highest BCUT2D eigenvalue weighted by molar-refractivity contribution is 7.22. The van der Waals surface area contributed by atoms with Crippen LogP contribution in [0.1, 0.15) is 20.7 Å². The van der Waals surface area contributed by atoms with Crippen LogP contribution in [0.3, 0.4) is 0 Å². The predicted molar refractivity (Wildman–Crippen MR) is 105 cm³/mol. The number of fused-ring (bicyclic) bond motifs is 1. The highest BCUT2D eigenvalue weighted by Gasteiger charge is 2.21. The summed E-state index contributed by atoms with van der Waals surface area (Å²) in [5.41, 5.74) is 1.89. The van der Waals surface area contributed by atoms with Gasteiger partial charge in [-0.3, -0.25) is 19.9 Å². The second kappa shape index (κ2) is 7.42. The van der Waals surface area contributed by atoms with E-state index in [1.807, 2.05) is 17.0 Å². The number of rotatable bonds is 3. The Morgan fingerprint density at radius 3 is 2.67 bits per heavy atom. The third kappa shape index (κ3) is 3.81. The van der Waals surface area contributed by atoms with Crippen molar-refractivity contribution in [2.24, 2.45) is 0 Å². The molecule has 2 aromatic heterocycles. The molecule has 1 fully saturated rings. The Morgan fingerprint density at radius 2 is 1.93 bits per heavy atom. The molecule has 27 heavy (non-hydrogen) atoms. The molecule has 1 aliphatic heterocycles. The third-order valence-corrected chi connectivity index (χ3v) is 5.50. The lowest BCUT2D eigenvalue weighted by Crippen LogP contribution is -2.47. The van der Waals surface area contributed by atoms with Gasteiger partial charge in [-0.2, -0.15) is 0 Å². The van der Waals surface area contributed by atoms with E-state index in [0.717, 1.165) is 36.4 Å². The number of likely N-dealkylation sites (N-methyl/N-ethyl adjacent to an activating group) is 1. The van der Waals surface area contributed by atoms with Crippen LogP contribution in [-0.2, 0) is 0 Å². The van der Waals surface area contributed by atoms with Gasteiger partial charge in [0, 0.05) is 44.1 Å². The minimum absolute atomic E-state index is 0.0411. The monoisotopic (exact) mass is 381 g/mol. The number of nitrogens with one attached hydrogen (secondary N) is 1. The Labute approximate surface area is 160 Å². The van der Waals surface area contributed by atoms with Crippen LogP contribution in [0.5, 0.6) is 0 Å². The molecule has 0 radical (unpaired) electrons. The van der Waals surface area contributed by atoms with Gasteiger partial charge in [-0.25, -0.2) is 4.98 Å². The standard InChI is InChI=1S/C19H19N5O2S/c1-23-7-9-24(10-8-23)18(26)13-4-5-15-16(11-13)27-19(21-15)22-17(25)14-3-2-6-20-12-14/h2-6,11-12H,7-10H2,1H3,(H,21,22,25). The number of aromatic nitrogens is 2. The van der Waals surface area contributed by atoms with Gasteiger partial charge < -0.3 is 9.80 Å². The number of hydrogen-bond acceptors (Lipinski definition) is 6. The topological polar surface area (TPSA) is 78.4 Å². The molecule has 7 nitrogen and oxygen atoms in total. The Kier molecular flexibility index (Phi) is 4.83. The smallest absolute Gasteiger partial charge is 0.259 e. The van der Waals surface area contributed by atoms with Gasteiger partial charge >= 0.3 is 0 Å². The van der Waals surface area contributed by atoms with Gasteiger partial charge in [0.05, 0.1) is 15.8 Å². The number of pyridine rings is 1. The fourth-order valence-electron chi connectivity index (χ4n) is 2.97. The molecular weight excluding hydrogens is 362 g/mol. The molecule has 0 spiro atoms. The maximum atomic E-state index is 12.7. The van der Waals surface area contributed by atoms with Crippen molar-refractivity contribution in [3.05, 3.63) is 53.9 Å². The molecule has 1 N–H and O–H groups in total. The van der Waals surface area contributed by atoms with E-state index in [-0.39, 0.29) is 11.8 Å². The van der Waals surface area contributed by atoms with Crippen molar-refractivity contribution >= 4 is 38.5 Å². The number of amides is 2. The summed E-state index contributed by atoms with van der Waals surface area (Å²) in [6.07, 6.45) is 3.13. The molecule has 3 aromatic rings. The normalized spacial score (nSPS) is 15.1. The molecule has 1 aromatic carbocycles. The van der Waals surface area contributed by atoms with Crippen molar-refractivity contribution in [2.45, 2.75) is 0 Å². The van der Waals surface area contributed by atoms with E-state index in [0.29, 0.717) is 16.3 Å². The quantitative estimate of drug-likeness (QED) is 0.753. The fraction of sp³-hybridized carbons (Fsp3) is 0.263. The van der Waals surface area contributed by atoms with Gasteiger partial charge in [-0.05, 0) is 37.4 Å². The van der Waals surface area contributed by atoms with E-state index in [9.17, 15) is 9.59 Å². The first-order valence-electron chi connectivity index (χ1n) is 8.70. The van der Waals surface area contributed by atoms with Gasteiger partial charge in [-0.1, -0.05) is 11.3 Å². The number of nitrogens with zero attached hydrogens (tertiary/aromatic N) is 4. The lowest BCUT2D eigenvalue weighted by Gasteiger charge is -2.32. The molecule has 0 aliphatic carbocycles. The molecule has 1 saturated heterocycles. The van der Waals surface area contributed by atoms with Crippen LogP contribution in [-0.4, -0.2) is 64.8 Å². The zero-order valence-corrected chi connectivity index (χ0v) is 15.7. The highest BCUT2D eigenvalue weighted by Crippen LogP contribution is 2.27. The van der Waals surface area contributed by atoms with Crippen LogP contribution in [0.15, 0.2) is 42.7 Å². The summed E-state index contributed by atoms with van der Waals surface area (Å²) in [6, 6.07) is 8.89. The summed E-state index contributed by atoms with van der Waals surface area (Å²) in [5.74, 6) is -0.213. The zero-order valence-electron chi connectivity index (χ0n) is 14.9. The second-order valence-corrected chi connectivity index (χ2v) is 7.52. The number of hydrogen-bond donors (Lipinski definition) is 1. The minimum Gasteiger partial charge on any atom is -0.336 e. The molecular formula is C19H19N5O2S. The summed E-state index contributed by atoms with van der Waals surface area (Å²) in [4.78, 5) is 37.5. The summed E-state index contributed by atoms with van der Waals surface area (Å²) in [6.45, 7) is 3.25. The number of thiazole rings is 1. The van der Waals surface area contributed by atoms with E-state index < -0.39 is 0 Å². The van der Waals surface area contributed by atoms with Crippen molar-refractivity contribution in [2.75, 3.05) is 38.5 Å². The van der Waals surface area contributed by atoms with Crippen LogP contribution >= 0.6 is 11.3 Å². The second-order valence-electron chi connectivity index (χ2n) is 6.49. The number of anilines is 1. The highest BCUT2D eigenvalue weighted by atomic mass is 32.1. The molecule has 0 atom stereocenters. The Morgan fingerprint density at radius 1 is 1.11 bits per heavy atom. The predicted octanol–water partition coefficient (Wildman–Crippen LogP) is 2.33. The van der Waals surface area contributed by atoms with Gasteiger partial charge in [0.25, 0.3) is 11.8 Å². The van der Waals surface area contributed by atoms with Gasteiger partial charge in [0.2, 0.25) is 0 Å². The first-order valence-corrected chi connectivity index (χ1v) is 9.51. The van der Waals surface area contributed by atoms with Crippen LogP contribution in [0.25, 0.3) is 10.2 Å². The molecule has 0 unspecified atom stereocenters. The van der Waals surface area contributed by atoms with E-state index in [4.69, 9.17) is 0 Å². The number of piperazine rings is 1. The molecule has 3 heterocycles. The maximum absolute atomic E-state index is 12.7. The molecule has 4 rings (SSSR count). The first-order chi connectivity index (χ1) is 13.1. The van der Waals surface area contributed by atoms with Crippen molar-refractivity contribution < 1.29 is 9.59 Å². The van der Waals surface area contributed by atoms with Crippen molar-refractivity contribution in [1.29, 1.82) is 0 Å². The average Bonchev–Trinajstić information content (AvgIpc) is 3.10. The fourth-order valence-corrected chi connectivity index (χ4v) is 3.87. The zero-order chi connectivity index (χ0) is 18.8. The lowest BCUT2D eigenvalue weighted by molar-refractivity contribution is 0.0664. The number of carbonyl (C=O) groups excluding carboxylic acids is 2. The largest absolute Gasteiger partial charge is 0.336 e. The van der Waals surface area contributed by atoms with E-state index in [1.165, 1.54) is 17.5 Å². The first kappa shape index (κ1) is 17.6. The molecule has 0 bridgehead atoms. The van der Waals surface area contributed by atoms with E-state index in [1.54, 1.807) is 24.4 Å². The van der Waals surface area contributed by atoms with Crippen LogP contribution in [0.4, 0.5) is 5.13 Å². The Hall–Kier alpha value is -2.84. The molecule has 8 heteroatoms. The summed E-state index contributed by atoms with van der Waals surface area (Å²) in [5, 5.41) is 3.29. The van der Waals surface area contributed by atoms with Crippen molar-refractivity contribution in [3.63, 3.8) is 0 Å². The van der Waals surface area contributed by atoms with Gasteiger partial charge in [-0.15, -0.1) is 0 Å². The average molecular weight is 381 g/mol. The van der Waals surface area contributed by atoms with Crippen LogP contribution < -0.4 is 5.32 Å². The summed E-state index contributed by atoms with van der Waals surface area (Å²) >= 11 is 1.36. The van der Waals surface area contributed by atoms with E-state index >= 15 is 0 Å². The van der Waals surface area contributed by atoms with Crippen LogP contribution in [0.2, 0.25) is 0 Å². The molecule has 0 saturated carbocycles.